The molecular formula is C82H115Cl2N5O8S. The van der Waals surface area contributed by atoms with E-state index in [0.717, 1.165) is 98.7 Å². The Hall–Kier alpha value is -5.84. The van der Waals surface area contributed by atoms with Gasteiger partial charge in [-0.15, -0.1) is 0 Å². The van der Waals surface area contributed by atoms with Crippen LogP contribution in [0.3, 0.4) is 0 Å². The van der Waals surface area contributed by atoms with E-state index in [1.165, 1.54) is 108 Å². The number of phenolic OH excluding ortho intramolecular Hbond substituents is 2. The van der Waals surface area contributed by atoms with Crippen LogP contribution in [0.1, 0.15) is 271 Å². The van der Waals surface area contributed by atoms with Crippen LogP contribution in [-0.4, -0.2) is 119 Å². The van der Waals surface area contributed by atoms with Gasteiger partial charge in [-0.05, 0) is 188 Å². The van der Waals surface area contributed by atoms with Crippen molar-refractivity contribution >= 4 is 58.2 Å². The molecule has 0 saturated carbocycles. The Labute approximate surface area is 602 Å². The summed E-state index contributed by atoms with van der Waals surface area (Å²) in [5.41, 5.74) is 11.7. The Balaban J connectivity index is 0.000000276. The molecular weight excluding hydrogens is 1290 g/mol. The number of likely N-dealkylation sites (N-methyl/N-ethyl adjacent to an activating group) is 2. The quantitative estimate of drug-likeness (QED) is 0.00830. The smallest absolute Gasteiger partial charge is 0.287 e. The molecule has 4 aromatic rings. The molecule has 0 bridgehead atoms. The molecule has 2 fully saturated rings. The minimum Gasteiger partial charge on any atom is -0.507 e. The van der Waals surface area contributed by atoms with Gasteiger partial charge in [-0.1, -0.05) is 199 Å². The summed E-state index contributed by atoms with van der Waals surface area (Å²) in [5, 5.41) is 49.5. The summed E-state index contributed by atoms with van der Waals surface area (Å²) >= 11 is 18.8. The van der Waals surface area contributed by atoms with Crippen LogP contribution in [0.2, 0.25) is 10.0 Å². The number of carbonyl (C=O) groups excluding carboxylic acids is 2. The van der Waals surface area contributed by atoms with Gasteiger partial charge in [-0.2, -0.15) is 0 Å². The Morgan fingerprint density at radius 2 is 0.969 bits per heavy atom. The van der Waals surface area contributed by atoms with Gasteiger partial charge < -0.3 is 50.8 Å². The van der Waals surface area contributed by atoms with E-state index in [-0.39, 0.29) is 70.8 Å². The average molecular weight is 1400 g/mol. The number of β-amino-alcohol motifs (C(OH)–C–C–N with tert-alkyl or cyclic N) is 2. The first-order chi connectivity index (χ1) is 47.6. The number of likely N-dealkylation sites (tertiary alicyclic amines) is 2. The number of aliphatic hydroxyl groups excluding tert-OH is 2. The summed E-state index contributed by atoms with van der Waals surface area (Å²) in [6.07, 6.45) is 48.4. The lowest BCUT2D eigenvalue weighted by Gasteiger charge is -2.37. The molecule has 16 heteroatoms. The van der Waals surface area contributed by atoms with Gasteiger partial charge in [0.25, 0.3) is 11.2 Å². The third-order valence-corrected chi connectivity index (χ3v) is 20.8. The van der Waals surface area contributed by atoms with Gasteiger partial charge in [-0.3, -0.25) is 9.59 Å². The van der Waals surface area contributed by atoms with Gasteiger partial charge >= 0.3 is 0 Å². The molecule has 536 valence electrons. The number of ketones is 2. The van der Waals surface area contributed by atoms with Gasteiger partial charge in [0.2, 0.25) is 0 Å². The van der Waals surface area contributed by atoms with Gasteiger partial charge in [-0.25, -0.2) is 4.99 Å². The number of fused-ring (bicyclic) bond motifs is 2. The number of benzene rings is 4. The topological polar surface area (TPSA) is 190 Å². The molecule has 2 aliphatic heterocycles. The zero-order chi connectivity index (χ0) is 70.0. The van der Waals surface area contributed by atoms with Crippen molar-refractivity contribution in [2.75, 3.05) is 53.4 Å². The zero-order valence-corrected chi connectivity index (χ0v) is 61.6. The lowest BCUT2D eigenvalue weighted by atomic mass is 9.73. The van der Waals surface area contributed by atoms with E-state index in [1.807, 2.05) is 62.6 Å². The van der Waals surface area contributed by atoms with Crippen molar-refractivity contribution in [3.05, 3.63) is 164 Å². The van der Waals surface area contributed by atoms with E-state index in [2.05, 4.69) is 82.6 Å². The monoisotopic (exact) mass is 1400 g/mol. The number of piperidine rings is 2. The minimum absolute atomic E-state index is 0.0235. The first-order valence-electron chi connectivity index (χ1n) is 37.2. The maximum Gasteiger partial charge on any atom is 0.287 e. The van der Waals surface area contributed by atoms with Crippen LogP contribution in [-0.2, 0) is 12.8 Å². The van der Waals surface area contributed by atoms with Gasteiger partial charge in [0.15, 0.2) is 11.6 Å². The number of allylic oxidation sites excluding steroid dienone is 8. The van der Waals surface area contributed by atoms with Crippen LogP contribution >= 0.6 is 35.4 Å². The van der Waals surface area contributed by atoms with E-state index >= 15 is 0 Å². The van der Waals surface area contributed by atoms with Crippen LogP contribution in [0.25, 0.3) is 0 Å². The number of Topliss-reactive ketones (excluding diaryl/α,β-unsaturated/α-hetero) is 2. The molecule has 4 unspecified atom stereocenters. The molecule has 0 amide bonds. The lowest BCUT2D eigenvalue weighted by Crippen LogP contribution is -2.41. The molecule has 4 aromatic carbocycles. The van der Waals surface area contributed by atoms with E-state index < -0.39 is 12.2 Å². The largest absolute Gasteiger partial charge is 0.507 e. The highest BCUT2D eigenvalue weighted by Crippen LogP contribution is 2.50. The Kier molecular flexibility index (Phi) is 35.5. The first-order valence-corrected chi connectivity index (χ1v) is 38.4. The Morgan fingerprint density at radius 1 is 0.571 bits per heavy atom. The fourth-order valence-electron chi connectivity index (χ4n) is 14.5. The van der Waals surface area contributed by atoms with E-state index in [4.69, 9.17) is 50.6 Å². The third kappa shape index (κ3) is 25.3. The second-order valence-corrected chi connectivity index (χ2v) is 28.9. The maximum atomic E-state index is 13.5. The number of hydrogen-bond donors (Lipinski definition) is 6. The predicted molar refractivity (Wildman–Crippen MR) is 409 cm³/mol. The number of amidine groups is 1. The fourth-order valence-corrected chi connectivity index (χ4v) is 15.3. The van der Waals surface area contributed by atoms with Crippen molar-refractivity contribution in [2.24, 2.45) is 10.7 Å². The fraction of sp³-hybridized carbons (Fsp3) is 0.561. The number of rotatable bonds is 36. The van der Waals surface area contributed by atoms with Crippen LogP contribution in [0, 0.1) is 0 Å². The molecule has 7 N–H and O–H groups in total. The number of hydrogen-bond acceptors (Lipinski definition) is 12. The van der Waals surface area contributed by atoms with Crippen molar-refractivity contribution in [3.8, 4) is 23.0 Å². The van der Waals surface area contributed by atoms with E-state index in [1.54, 1.807) is 0 Å². The molecule has 98 heavy (non-hydrogen) atoms. The van der Waals surface area contributed by atoms with Gasteiger partial charge in [0.05, 0.1) is 23.3 Å². The number of ether oxygens (including phenoxy) is 2. The van der Waals surface area contributed by atoms with Crippen molar-refractivity contribution < 1.29 is 39.5 Å². The van der Waals surface area contributed by atoms with Crippen LogP contribution in [0.15, 0.2) is 114 Å². The number of aromatic hydroxyl groups is 2. The van der Waals surface area contributed by atoms with Gasteiger partial charge in [0.1, 0.15) is 23.0 Å². The van der Waals surface area contributed by atoms with E-state index in [0.29, 0.717) is 90.1 Å². The number of aliphatic imine (C=N–C) groups is 1. The number of carbonyl (C=O) groups is 2. The van der Waals surface area contributed by atoms with Crippen molar-refractivity contribution in [1.29, 1.82) is 0 Å². The summed E-state index contributed by atoms with van der Waals surface area (Å²) in [6, 6.07) is 18.2. The highest BCUT2D eigenvalue weighted by Gasteiger charge is 2.41. The second kappa shape index (κ2) is 43.7. The van der Waals surface area contributed by atoms with Crippen molar-refractivity contribution in [2.45, 2.75) is 242 Å². The van der Waals surface area contributed by atoms with Crippen molar-refractivity contribution in [3.63, 3.8) is 0 Å². The molecule has 8 rings (SSSR count). The molecule has 2 aliphatic carbocycles. The van der Waals surface area contributed by atoms with Crippen molar-refractivity contribution in [1.82, 2.24) is 15.1 Å². The maximum absolute atomic E-state index is 13.5. The predicted octanol–water partition coefficient (Wildman–Crippen LogP) is 19.1. The number of nitrogens with one attached hydrogen (secondary N) is 1. The number of phenols is 2. The molecule has 2 saturated heterocycles. The molecule has 13 nitrogen and oxygen atoms in total. The van der Waals surface area contributed by atoms with Crippen LogP contribution in [0.4, 0.5) is 0 Å². The summed E-state index contributed by atoms with van der Waals surface area (Å²) in [6.45, 7) is 8.33. The van der Waals surface area contributed by atoms with Gasteiger partial charge in [0, 0.05) is 84.2 Å². The standard InChI is InChI=1S/C41H58ClN3O4.C41H57ClN2O4S/c1-3-4-5-6-7-8-9-10-11-12-13-14-15-16-17-20-24-44-41(43)49-38-28-36(47)40-33(39(38)32-23-25-45(2)29-37(32)48)26-30(27-35(40)46)31-21-18-19-22-34(31)42;1-3-4-5-6-7-8-9-10-11-12-13-14-15-16-17-20-24-43-41(49)48-38-28-36(46)40-33(39(38)32-23-25-44(2)29-37(32)47)26-30(27-35(40)45)31-21-18-19-22-34(31)42/h7-8,10-11,18-19,21-22,28,30,32,37,47-48H,3-6,9,12-17,20,23-27,29H2,1-2H3,(H2,43,44);7-8,10-11,18-19,21-22,28,30,32,37,46-47H,3-6,9,12-17,20,23-27,29H2,1-2H3,(H,43,49)/b2*8-7-,11-10-/t2*30?,32?,37-/m00/s1. The Bertz CT molecular complexity index is 3290. The number of nitrogens with two attached hydrogens (primary N) is 1. The second-order valence-electron chi connectivity index (χ2n) is 27.7. The molecule has 0 aromatic heterocycles. The highest BCUT2D eigenvalue weighted by molar-refractivity contribution is 7.80. The molecule has 0 radical (unpaired) electrons. The number of thiocarbonyl (C=S) groups is 1. The number of unbranched alkanes of at least 4 members (excludes halogenated alkanes) is 18. The van der Waals surface area contributed by atoms with Crippen LogP contribution in [0.5, 0.6) is 23.0 Å². The van der Waals surface area contributed by atoms with Crippen LogP contribution < -0.4 is 20.5 Å². The third-order valence-electron chi connectivity index (χ3n) is 19.8. The Morgan fingerprint density at radius 3 is 1.40 bits per heavy atom. The molecule has 0 spiro atoms. The summed E-state index contributed by atoms with van der Waals surface area (Å²) in [5.74, 6) is -0.562. The summed E-state index contributed by atoms with van der Waals surface area (Å²) < 4.78 is 12.4. The highest BCUT2D eigenvalue weighted by atomic mass is 35.5. The normalized spacial score (nSPS) is 20.1. The SMILES string of the molecule is CCCCC/C=C\C/C=C\CCCCCCCCN=C(N)Oc1cc(O)c2c(c1C1CCN(C)C[C@@H]1O)CC(c1ccccc1Cl)CC2=O.CCCCC/C=C\C/C=C\CCCCCCCCNC(=S)Oc1cc(O)c2c(c1C1CCN(C)C[C@@H]1O)CC(c1ccccc1Cl)CC2=O. The molecule has 4 aliphatic rings. The number of aliphatic hydroxyl groups is 2. The first kappa shape index (κ1) is 79.5. The lowest BCUT2D eigenvalue weighted by molar-refractivity contribution is 0.0625. The zero-order valence-electron chi connectivity index (χ0n) is 59.3. The minimum atomic E-state index is -0.665. The average Bonchev–Trinajstić information content (AvgIpc) is 0.755. The van der Waals surface area contributed by atoms with E-state index in [9.17, 15) is 30.0 Å². The molecule has 6 atom stereocenters. The summed E-state index contributed by atoms with van der Waals surface area (Å²) in [7, 11) is 3.98. The number of nitrogens with zero attached hydrogens (tertiary/aromatic N) is 3. The molecule has 2 heterocycles. The number of halogens is 2. The summed E-state index contributed by atoms with van der Waals surface area (Å²) in [4.78, 5) is 35.7.